The molecule has 1 aliphatic heterocycles. The molecule has 3 heterocycles. The van der Waals surface area contributed by atoms with Crippen molar-refractivity contribution < 1.29 is 13.9 Å². The Morgan fingerprint density at radius 3 is 2.65 bits per heavy atom. The largest absolute Gasteiger partial charge is 0.460 e. The number of H-pyrrole nitrogens is 1. The number of carbonyl (C=O) groups excluding carboxylic acids is 1. The summed E-state index contributed by atoms with van der Waals surface area (Å²) in [5.41, 5.74) is 0.881. The zero-order chi connectivity index (χ0) is 18.9. The van der Waals surface area contributed by atoms with Crippen molar-refractivity contribution in [3.05, 3.63) is 29.7 Å². The van der Waals surface area contributed by atoms with E-state index < -0.39 is 0 Å². The highest BCUT2D eigenvalue weighted by atomic mass is 16.5. The number of morpholine rings is 1. The molecular formula is C19H28N4O3. The number of ether oxygens (including phenoxy) is 1. The van der Waals surface area contributed by atoms with Gasteiger partial charge < -0.3 is 14.5 Å². The summed E-state index contributed by atoms with van der Waals surface area (Å²) in [4.78, 5) is 14.9. The summed E-state index contributed by atoms with van der Waals surface area (Å²) in [6.07, 6.45) is 0.388. The van der Waals surface area contributed by atoms with Gasteiger partial charge in [0.1, 0.15) is 11.5 Å². The van der Waals surface area contributed by atoms with E-state index in [2.05, 4.69) is 48.1 Å². The minimum Gasteiger partial charge on any atom is -0.460 e. The number of rotatable bonds is 5. The molecule has 142 valence electrons. The van der Waals surface area contributed by atoms with Crippen molar-refractivity contribution in [1.82, 2.24) is 20.4 Å². The number of aromatic amines is 1. The van der Waals surface area contributed by atoms with Gasteiger partial charge in [0.15, 0.2) is 11.5 Å². The Labute approximate surface area is 154 Å². The molecule has 0 aromatic carbocycles. The van der Waals surface area contributed by atoms with Gasteiger partial charge in [0, 0.05) is 31.2 Å². The molecule has 26 heavy (non-hydrogen) atoms. The summed E-state index contributed by atoms with van der Waals surface area (Å²) in [7, 11) is 0. The van der Waals surface area contributed by atoms with Crippen molar-refractivity contribution in [3.63, 3.8) is 0 Å². The zero-order valence-electron chi connectivity index (χ0n) is 16.1. The highest BCUT2D eigenvalue weighted by Gasteiger charge is 2.33. The zero-order valence-corrected chi connectivity index (χ0v) is 16.1. The van der Waals surface area contributed by atoms with Crippen LogP contribution in [0.25, 0.3) is 11.5 Å². The van der Waals surface area contributed by atoms with Crippen LogP contribution in [0.3, 0.4) is 0 Å². The van der Waals surface area contributed by atoms with Crippen molar-refractivity contribution in [2.24, 2.45) is 0 Å². The molecule has 2 aromatic heterocycles. The predicted octanol–water partition coefficient (Wildman–Crippen LogP) is 2.60. The number of furan rings is 1. The summed E-state index contributed by atoms with van der Waals surface area (Å²) in [5, 5.41) is 9.97. The van der Waals surface area contributed by atoms with E-state index in [4.69, 9.17) is 9.15 Å². The van der Waals surface area contributed by atoms with Crippen LogP contribution < -0.4 is 5.32 Å². The van der Waals surface area contributed by atoms with E-state index in [1.165, 1.54) is 0 Å². The van der Waals surface area contributed by atoms with Crippen LogP contribution in [-0.2, 0) is 4.74 Å². The molecule has 1 amide bonds. The molecule has 7 nitrogen and oxygen atoms in total. The number of aromatic nitrogens is 2. The van der Waals surface area contributed by atoms with Gasteiger partial charge in [0.25, 0.3) is 5.91 Å². The van der Waals surface area contributed by atoms with Gasteiger partial charge in [-0.25, -0.2) is 0 Å². The van der Waals surface area contributed by atoms with Crippen LogP contribution in [0.5, 0.6) is 0 Å². The monoisotopic (exact) mass is 360 g/mol. The second kappa shape index (κ2) is 7.25. The molecule has 0 aliphatic carbocycles. The maximum atomic E-state index is 12.5. The molecule has 2 unspecified atom stereocenters. The highest BCUT2D eigenvalue weighted by Crippen LogP contribution is 2.22. The molecule has 1 fully saturated rings. The molecule has 0 bridgehead atoms. The van der Waals surface area contributed by atoms with E-state index >= 15 is 0 Å². The van der Waals surface area contributed by atoms with Gasteiger partial charge in [-0.1, -0.05) is 0 Å². The lowest BCUT2D eigenvalue weighted by molar-refractivity contribution is -0.0948. The predicted molar refractivity (Wildman–Crippen MR) is 99.0 cm³/mol. The van der Waals surface area contributed by atoms with Gasteiger partial charge >= 0.3 is 0 Å². The minimum absolute atomic E-state index is 0.167. The van der Waals surface area contributed by atoms with E-state index in [1.807, 2.05) is 19.1 Å². The van der Waals surface area contributed by atoms with Gasteiger partial charge in [-0.3, -0.25) is 14.8 Å². The lowest BCUT2D eigenvalue weighted by atomic mass is 10.00. The molecule has 1 saturated heterocycles. The summed E-state index contributed by atoms with van der Waals surface area (Å²) >= 11 is 0. The van der Waals surface area contributed by atoms with Gasteiger partial charge in [-0.2, -0.15) is 5.10 Å². The number of amides is 1. The third-order valence-electron chi connectivity index (χ3n) is 4.77. The number of hydrogen-bond acceptors (Lipinski definition) is 5. The Balaban J connectivity index is 1.60. The smallest absolute Gasteiger partial charge is 0.271 e. The van der Waals surface area contributed by atoms with Gasteiger partial charge in [0.2, 0.25) is 0 Å². The number of hydrogen-bond donors (Lipinski definition) is 2. The van der Waals surface area contributed by atoms with E-state index in [0.717, 1.165) is 18.8 Å². The lowest BCUT2D eigenvalue weighted by Crippen LogP contribution is -2.58. The molecule has 0 spiro atoms. The van der Waals surface area contributed by atoms with Crippen LogP contribution in [0, 0.1) is 6.92 Å². The molecule has 3 rings (SSSR count). The Morgan fingerprint density at radius 1 is 1.35 bits per heavy atom. The van der Waals surface area contributed by atoms with Crippen LogP contribution in [0.2, 0.25) is 0 Å². The van der Waals surface area contributed by atoms with Gasteiger partial charge in [-0.05, 0) is 46.8 Å². The summed E-state index contributed by atoms with van der Waals surface area (Å²) < 4.78 is 11.4. The Morgan fingerprint density at radius 2 is 2.04 bits per heavy atom. The number of nitrogens with one attached hydrogen (secondary N) is 2. The number of carbonyl (C=O) groups is 1. The highest BCUT2D eigenvalue weighted by molar-refractivity contribution is 5.93. The van der Waals surface area contributed by atoms with Crippen molar-refractivity contribution >= 4 is 5.91 Å². The molecule has 2 atom stereocenters. The quantitative estimate of drug-likeness (QED) is 0.856. The average Bonchev–Trinajstić information content (AvgIpc) is 3.20. The van der Waals surface area contributed by atoms with Crippen LogP contribution in [0.15, 0.2) is 22.6 Å². The fraction of sp³-hybridized carbons (Fsp3) is 0.579. The van der Waals surface area contributed by atoms with Gasteiger partial charge in [0.05, 0.1) is 12.2 Å². The maximum absolute atomic E-state index is 12.5. The summed E-state index contributed by atoms with van der Waals surface area (Å²) in [5.74, 6) is 1.29. The van der Waals surface area contributed by atoms with Crippen molar-refractivity contribution in [3.8, 4) is 11.5 Å². The van der Waals surface area contributed by atoms with Crippen LogP contribution >= 0.6 is 0 Å². The maximum Gasteiger partial charge on any atom is 0.271 e. The van der Waals surface area contributed by atoms with Gasteiger partial charge in [-0.15, -0.1) is 0 Å². The standard InChI is InChI=1S/C19H28N4O3/c1-12-6-7-17(26-12)15-8-16(22-21-15)18(24)20-11-19(4,5)23-9-13(2)25-14(3)10-23/h6-8,13-14H,9-11H2,1-5H3,(H,20,24)(H,21,22). The van der Waals surface area contributed by atoms with E-state index in [9.17, 15) is 4.79 Å². The normalized spacial score (nSPS) is 21.7. The van der Waals surface area contributed by atoms with Crippen molar-refractivity contribution in [2.75, 3.05) is 19.6 Å². The second-order valence-corrected chi connectivity index (χ2v) is 7.73. The molecule has 7 heteroatoms. The Kier molecular flexibility index (Phi) is 5.20. The molecule has 0 saturated carbocycles. The first-order valence-corrected chi connectivity index (χ1v) is 9.05. The van der Waals surface area contributed by atoms with Crippen LogP contribution in [0.1, 0.15) is 43.9 Å². The number of aryl methyl sites for hydroxylation is 1. The first-order chi connectivity index (χ1) is 12.2. The Bertz CT molecular complexity index is 754. The minimum atomic E-state index is -0.196. The third kappa shape index (κ3) is 4.16. The topological polar surface area (TPSA) is 83.4 Å². The first-order valence-electron chi connectivity index (χ1n) is 9.05. The average molecular weight is 360 g/mol. The second-order valence-electron chi connectivity index (χ2n) is 7.73. The summed E-state index contributed by atoms with van der Waals surface area (Å²) in [6, 6.07) is 5.44. The number of nitrogens with zero attached hydrogens (tertiary/aromatic N) is 2. The summed E-state index contributed by atoms with van der Waals surface area (Å²) in [6.45, 7) is 12.6. The Hall–Kier alpha value is -2.12. The molecule has 2 N–H and O–H groups in total. The van der Waals surface area contributed by atoms with Crippen LogP contribution in [-0.4, -0.2) is 58.4 Å². The fourth-order valence-corrected chi connectivity index (χ4v) is 3.31. The molecular weight excluding hydrogens is 332 g/mol. The van der Waals surface area contributed by atoms with Crippen molar-refractivity contribution in [1.29, 1.82) is 0 Å². The van der Waals surface area contributed by atoms with E-state index in [1.54, 1.807) is 6.07 Å². The van der Waals surface area contributed by atoms with E-state index in [0.29, 0.717) is 23.7 Å². The molecule has 0 radical (unpaired) electrons. The lowest BCUT2D eigenvalue weighted by Gasteiger charge is -2.45. The first kappa shape index (κ1) is 18.7. The van der Waals surface area contributed by atoms with Crippen LogP contribution in [0.4, 0.5) is 0 Å². The van der Waals surface area contributed by atoms with Crippen molar-refractivity contribution in [2.45, 2.75) is 52.4 Å². The fourth-order valence-electron chi connectivity index (χ4n) is 3.31. The molecule has 1 aliphatic rings. The third-order valence-corrected chi connectivity index (χ3v) is 4.77. The molecule has 2 aromatic rings. The van der Waals surface area contributed by atoms with E-state index in [-0.39, 0.29) is 23.7 Å². The SMILES string of the molecule is Cc1ccc(-c2cc(C(=O)NCC(C)(C)N3CC(C)OC(C)C3)n[nH]2)o1.